The van der Waals surface area contributed by atoms with E-state index in [1.807, 2.05) is 31.1 Å². The second-order valence-corrected chi connectivity index (χ2v) is 12.9. The molecule has 0 spiro atoms. The molecule has 226 valence electrons. The molecule has 1 amide bonds. The van der Waals surface area contributed by atoms with Gasteiger partial charge in [0.05, 0.1) is 47.9 Å². The monoisotopic (exact) mass is 589 g/mol. The summed E-state index contributed by atoms with van der Waals surface area (Å²) in [5.74, 6) is 1.22. The van der Waals surface area contributed by atoms with Crippen LogP contribution in [-0.4, -0.2) is 86.6 Å². The highest BCUT2D eigenvalue weighted by Crippen LogP contribution is 2.36. The number of methoxy groups -OCH3 is 1. The van der Waals surface area contributed by atoms with E-state index in [0.29, 0.717) is 23.4 Å². The molecule has 1 aliphatic carbocycles. The molecule has 41 heavy (non-hydrogen) atoms. The second kappa shape index (κ2) is 12.2. The van der Waals surface area contributed by atoms with Crippen LogP contribution >= 0.6 is 12.6 Å². The van der Waals surface area contributed by atoms with Crippen molar-refractivity contribution in [2.75, 3.05) is 26.1 Å². The highest BCUT2D eigenvalue weighted by Gasteiger charge is 2.48. The van der Waals surface area contributed by atoms with Gasteiger partial charge >= 0.3 is 0 Å². The van der Waals surface area contributed by atoms with Gasteiger partial charge in [-0.2, -0.15) is 12.6 Å². The molecular formula is C27H43N9O4S. The summed E-state index contributed by atoms with van der Waals surface area (Å²) >= 11 is 4.50. The lowest BCUT2D eigenvalue weighted by Crippen LogP contribution is -2.60. The van der Waals surface area contributed by atoms with Crippen LogP contribution in [0.2, 0.25) is 0 Å². The van der Waals surface area contributed by atoms with E-state index in [9.17, 15) is 9.90 Å². The number of imidazole rings is 1. The Kier molecular flexibility index (Phi) is 9.31. The highest BCUT2D eigenvalue weighted by molar-refractivity contribution is 7.81. The van der Waals surface area contributed by atoms with Gasteiger partial charge in [-0.15, -0.1) is 0 Å². The molecule has 2 aromatic rings. The normalized spacial score (nSPS) is 25.3. The van der Waals surface area contributed by atoms with E-state index in [1.165, 1.54) is 6.33 Å². The molecular weight excluding hydrogens is 546 g/mol. The highest BCUT2D eigenvalue weighted by atomic mass is 32.1. The molecule has 1 aliphatic heterocycles. The van der Waals surface area contributed by atoms with Crippen LogP contribution in [0.1, 0.15) is 52.7 Å². The first-order chi connectivity index (χ1) is 19.2. The Morgan fingerprint density at radius 3 is 2.59 bits per heavy atom. The fourth-order valence-corrected chi connectivity index (χ4v) is 5.45. The number of aromatic nitrogens is 4. The molecule has 14 heteroatoms. The van der Waals surface area contributed by atoms with Crippen LogP contribution in [0.25, 0.3) is 11.2 Å². The maximum absolute atomic E-state index is 13.8. The zero-order valence-corrected chi connectivity index (χ0v) is 25.4. The molecule has 1 saturated heterocycles. The molecule has 0 aromatic carbocycles. The molecule has 0 radical (unpaired) electrons. The summed E-state index contributed by atoms with van der Waals surface area (Å²) in [6, 6.07) is -1.45. The maximum Gasteiger partial charge on any atom is 0.237 e. The van der Waals surface area contributed by atoms with Gasteiger partial charge in [0.15, 0.2) is 23.2 Å². The van der Waals surface area contributed by atoms with E-state index in [2.05, 4.69) is 38.2 Å². The number of carbonyl (C=O) groups excluding carboxylic acids is 1. The molecule has 2 aliphatic rings. The molecule has 4 rings (SSSR count). The fourth-order valence-electron chi connectivity index (χ4n) is 5.27. The van der Waals surface area contributed by atoms with Crippen LogP contribution in [0.15, 0.2) is 36.1 Å². The predicted octanol–water partition coefficient (Wildman–Crippen LogP) is 0.924. The number of hydrogen-bond donors (Lipinski definition) is 6. The minimum atomic E-state index is -1.14. The lowest BCUT2D eigenvalue weighted by molar-refractivity contribution is -0.125. The van der Waals surface area contributed by atoms with Gasteiger partial charge in [0.1, 0.15) is 12.4 Å². The SMILES string of the molecule is COC1=CC=C(C[C@H](NC(C)(C)N)C(=O)NC2C(CC(C)(N)S)OC(n3cnc4c(N(C)C)ncnc43)C2O)CC1. The zero-order chi connectivity index (χ0) is 30.1. The third-order valence-corrected chi connectivity index (χ3v) is 7.31. The second-order valence-electron chi connectivity index (χ2n) is 11.9. The van der Waals surface area contributed by atoms with Crippen LogP contribution in [0.4, 0.5) is 5.82 Å². The quantitative estimate of drug-likeness (QED) is 0.162. The summed E-state index contributed by atoms with van der Waals surface area (Å²) in [5, 5.41) is 17.9. The summed E-state index contributed by atoms with van der Waals surface area (Å²) in [6.45, 7) is 5.35. The van der Waals surface area contributed by atoms with E-state index in [0.717, 1.165) is 24.2 Å². The summed E-state index contributed by atoms with van der Waals surface area (Å²) in [7, 11) is 5.37. The Labute approximate surface area is 246 Å². The van der Waals surface area contributed by atoms with Gasteiger partial charge in [-0.05, 0) is 39.7 Å². The van der Waals surface area contributed by atoms with Crippen LogP contribution in [0.5, 0.6) is 0 Å². The van der Waals surface area contributed by atoms with Crippen LogP contribution < -0.4 is 27.0 Å². The Morgan fingerprint density at radius 2 is 2.00 bits per heavy atom. The van der Waals surface area contributed by atoms with Gasteiger partial charge in [-0.25, -0.2) is 15.0 Å². The number of nitrogens with two attached hydrogens (primary N) is 2. The van der Waals surface area contributed by atoms with Crippen molar-refractivity contribution in [2.24, 2.45) is 11.5 Å². The summed E-state index contributed by atoms with van der Waals surface area (Å²) < 4.78 is 13.3. The minimum absolute atomic E-state index is 0.259. The lowest BCUT2D eigenvalue weighted by atomic mass is 9.95. The first-order valence-electron chi connectivity index (χ1n) is 13.7. The molecule has 2 aromatic heterocycles. The first-order valence-corrected chi connectivity index (χ1v) is 14.1. The Balaban J connectivity index is 1.61. The number of aliphatic hydroxyl groups excluding tert-OH is 1. The van der Waals surface area contributed by atoms with Crippen molar-refractivity contribution in [1.29, 1.82) is 0 Å². The third-order valence-electron chi connectivity index (χ3n) is 7.12. The number of fused-ring (bicyclic) bond motifs is 1. The van der Waals surface area contributed by atoms with Crippen molar-refractivity contribution in [3.63, 3.8) is 0 Å². The topological polar surface area (TPSA) is 179 Å². The third kappa shape index (κ3) is 7.56. The molecule has 3 heterocycles. The van der Waals surface area contributed by atoms with Crippen molar-refractivity contribution < 1.29 is 19.4 Å². The number of thiol groups is 1. The summed E-state index contributed by atoms with van der Waals surface area (Å²) in [4.78, 5) is 27.9. The van der Waals surface area contributed by atoms with Crippen LogP contribution in [-0.2, 0) is 14.3 Å². The zero-order valence-electron chi connectivity index (χ0n) is 24.5. The van der Waals surface area contributed by atoms with Crippen molar-refractivity contribution in [3.8, 4) is 0 Å². The number of aliphatic hydroxyl groups is 1. The molecule has 6 atom stereocenters. The molecule has 1 fully saturated rings. The summed E-state index contributed by atoms with van der Waals surface area (Å²) in [6.07, 6.45) is 6.46. The smallest absolute Gasteiger partial charge is 0.237 e. The number of amides is 1. The van der Waals surface area contributed by atoms with Crippen molar-refractivity contribution >= 4 is 35.5 Å². The molecule has 7 N–H and O–H groups in total. The predicted molar refractivity (Wildman–Crippen MR) is 160 cm³/mol. The van der Waals surface area contributed by atoms with E-state index in [4.69, 9.17) is 20.9 Å². The maximum atomic E-state index is 13.8. The van der Waals surface area contributed by atoms with E-state index >= 15 is 0 Å². The number of hydrogen-bond acceptors (Lipinski definition) is 12. The summed E-state index contributed by atoms with van der Waals surface area (Å²) in [5.41, 5.74) is 13.8. The van der Waals surface area contributed by atoms with E-state index in [-0.39, 0.29) is 12.3 Å². The van der Waals surface area contributed by atoms with Gasteiger partial charge < -0.3 is 36.3 Å². The van der Waals surface area contributed by atoms with Gasteiger partial charge in [0.2, 0.25) is 5.91 Å². The van der Waals surface area contributed by atoms with Gasteiger partial charge in [-0.3, -0.25) is 14.7 Å². The average molecular weight is 590 g/mol. The number of rotatable bonds is 11. The van der Waals surface area contributed by atoms with Crippen molar-refractivity contribution in [3.05, 3.63) is 36.1 Å². The van der Waals surface area contributed by atoms with Gasteiger partial charge in [0, 0.05) is 26.9 Å². The Hall–Kier alpha value is -2.75. The first kappa shape index (κ1) is 31.2. The molecule has 0 bridgehead atoms. The Bertz CT molecular complexity index is 1300. The molecule has 5 unspecified atom stereocenters. The fraction of sp³-hybridized carbons (Fsp3) is 0.630. The van der Waals surface area contributed by atoms with Crippen molar-refractivity contribution in [1.82, 2.24) is 30.2 Å². The number of allylic oxidation sites excluding steroid dienone is 3. The lowest BCUT2D eigenvalue weighted by Gasteiger charge is -2.32. The van der Waals surface area contributed by atoms with Gasteiger partial charge in [0.25, 0.3) is 0 Å². The standard InChI is InChI=1S/C27H43N9O4S/c1-26(2,28)34-17(11-15-7-9-16(39-6)10-8-15)24(38)33-19-18(12-27(3,29)41)40-25(21(19)37)36-14-32-20-22(35(4)5)30-13-31-23(20)36/h7,9,13-14,17-19,21,25,34,37,41H,8,10-12,28-29H2,1-6H3,(H,33,38)/t17-,18?,19?,21?,25?,27?/m0/s1. The Morgan fingerprint density at radius 1 is 1.27 bits per heavy atom. The number of carbonyl (C=O) groups is 1. The molecule has 0 saturated carbocycles. The average Bonchev–Trinajstić information content (AvgIpc) is 3.43. The number of anilines is 1. The van der Waals surface area contributed by atoms with E-state index < -0.39 is 41.1 Å². The van der Waals surface area contributed by atoms with Gasteiger partial charge in [-0.1, -0.05) is 11.6 Å². The minimum Gasteiger partial charge on any atom is -0.501 e. The van der Waals surface area contributed by atoms with Crippen molar-refractivity contribution in [2.45, 2.75) is 87.5 Å². The van der Waals surface area contributed by atoms with E-state index in [1.54, 1.807) is 38.8 Å². The number of nitrogens with one attached hydrogen (secondary N) is 2. The number of ether oxygens (including phenoxy) is 2. The molecule has 13 nitrogen and oxygen atoms in total. The van der Waals surface area contributed by atoms with Crippen LogP contribution in [0, 0.1) is 0 Å². The largest absolute Gasteiger partial charge is 0.501 e. The number of nitrogens with zero attached hydrogens (tertiary/aromatic N) is 5. The van der Waals surface area contributed by atoms with Crippen LogP contribution in [0.3, 0.4) is 0 Å².